The van der Waals surface area contributed by atoms with Crippen molar-refractivity contribution in [3.8, 4) is 28.7 Å². The summed E-state index contributed by atoms with van der Waals surface area (Å²) in [5.74, 6) is 6.81. The van der Waals surface area contributed by atoms with Gasteiger partial charge < -0.3 is 25.4 Å². The van der Waals surface area contributed by atoms with Crippen LogP contribution in [0.25, 0.3) is 11.1 Å². The Morgan fingerprint density at radius 3 is 2.51 bits per heavy atom. The minimum Gasteiger partial charge on any atom is -0.493 e. The molecule has 0 spiro atoms. The Labute approximate surface area is 235 Å². The fourth-order valence-corrected chi connectivity index (χ4v) is 4.57. The molecule has 3 aromatic rings. The molecule has 206 valence electrons. The summed E-state index contributed by atoms with van der Waals surface area (Å²) in [6, 6.07) is 5.21. The minimum atomic E-state index is -0.305. The molecule has 0 aliphatic rings. The molecular weight excluding hydrogens is 516 g/mol. The number of anilines is 2. The highest BCUT2D eigenvalue weighted by atomic mass is 35.5. The van der Waals surface area contributed by atoms with Gasteiger partial charge in [0.1, 0.15) is 36.0 Å². The van der Waals surface area contributed by atoms with Crippen LogP contribution in [0.2, 0.25) is 5.02 Å². The summed E-state index contributed by atoms with van der Waals surface area (Å²) in [6.07, 6.45) is 3.09. The number of benzene rings is 1. The van der Waals surface area contributed by atoms with E-state index in [1.54, 1.807) is 26.4 Å². The van der Waals surface area contributed by atoms with Crippen LogP contribution >= 0.6 is 11.6 Å². The van der Waals surface area contributed by atoms with Crippen molar-refractivity contribution < 1.29 is 14.6 Å². The molecule has 9 nitrogen and oxygen atoms in total. The smallest absolute Gasteiger partial charge is 0.271 e. The zero-order valence-corrected chi connectivity index (χ0v) is 24.2. The summed E-state index contributed by atoms with van der Waals surface area (Å²) in [5, 5.41) is 9.74. The normalized spacial score (nSPS) is 12.2. The Balaban J connectivity index is 2.16. The Morgan fingerprint density at radius 1 is 1.21 bits per heavy atom. The van der Waals surface area contributed by atoms with Crippen molar-refractivity contribution in [3.05, 3.63) is 58.1 Å². The van der Waals surface area contributed by atoms with Crippen molar-refractivity contribution in [2.45, 2.75) is 39.7 Å². The molecule has 0 fully saturated rings. The lowest BCUT2D eigenvalue weighted by atomic mass is 9.93. The summed E-state index contributed by atoms with van der Waals surface area (Å²) in [4.78, 5) is 28.9. The zero-order chi connectivity index (χ0) is 28.9. The van der Waals surface area contributed by atoms with Crippen LogP contribution in [0.3, 0.4) is 0 Å². The summed E-state index contributed by atoms with van der Waals surface area (Å²) >= 11 is 6.78. The van der Waals surface area contributed by atoms with E-state index in [-0.39, 0.29) is 24.5 Å². The number of pyridine rings is 1. The molecule has 0 radical (unpaired) electrons. The van der Waals surface area contributed by atoms with Gasteiger partial charge >= 0.3 is 0 Å². The van der Waals surface area contributed by atoms with Crippen molar-refractivity contribution in [2.75, 3.05) is 45.0 Å². The maximum Gasteiger partial charge on any atom is 0.271 e. The van der Waals surface area contributed by atoms with Crippen molar-refractivity contribution >= 4 is 29.1 Å². The van der Waals surface area contributed by atoms with E-state index in [1.165, 1.54) is 11.2 Å². The number of carbonyl (C=O) groups is 1. The molecule has 1 amide bonds. The molecule has 2 aromatic heterocycles. The number of aliphatic hydroxyl groups is 1. The second kappa shape index (κ2) is 12.8. The SMILES string of the molecule is CCOc1c(C(C)N(C)c2ncnc(N)c2C(C)C#CCO)cc(Cl)c(C)c1-c1ccc(C(=O)N(C)C)nc1. The fourth-order valence-electron chi connectivity index (χ4n) is 4.36. The lowest BCUT2D eigenvalue weighted by Gasteiger charge is -2.31. The number of nitrogen functional groups attached to an aromatic ring is 1. The van der Waals surface area contributed by atoms with Gasteiger partial charge in [0.2, 0.25) is 0 Å². The Bertz CT molecular complexity index is 1400. The van der Waals surface area contributed by atoms with Crippen LogP contribution in [0.5, 0.6) is 5.75 Å². The number of aliphatic hydroxyl groups excluding tert-OH is 1. The van der Waals surface area contributed by atoms with Crippen LogP contribution < -0.4 is 15.4 Å². The number of ether oxygens (including phenoxy) is 1. The minimum absolute atomic E-state index is 0.178. The van der Waals surface area contributed by atoms with E-state index in [0.29, 0.717) is 40.3 Å². The molecule has 0 aliphatic heterocycles. The predicted molar refractivity (Wildman–Crippen MR) is 155 cm³/mol. The number of nitrogens with zero attached hydrogens (tertiary/aromatic N) is 5. The van der Waals surface area contributed by atoms with Gasteiger partial charge in [-0.15, -0.1) is 0 Å². The first-order valence-electron chi connectivity index (χ1n) is 12.6. The predicted octanol–water partition coefficient (Wildman–Crippen LogP) is 4.48. The Morgan fingerprint density at radius 2 is 1.92 bits per heavy atom. The van der Waals surface area contributed by atoms with Crippen LogP contribution in [-0.4, -0.2) is 65.2 Å². The quantitative estimate of drug-likeness (QED) is 0.394. The monoisotopic (exact) mass is 550 g/mol. The van der Waals surface area contributed by atoms with E-state index in [9.17, 15) is 4.79 Å². The number of aromatic nitrogens is 3. The van der Waals surface area contributed by atoms with Gasteiger partial charge in [-0.3, -0.25) is 9.78 Å². The van der Waals surface area contributed by atoms with Gasteiger partial charge in [-0.25, -0.2) is 9.97 Å². The average Bonchev–Trinajstić information content (AvgIpc) is 2.92. The Hall–Kier alpha value is -3.87. The van der Waals surface area contributed by atoms with Crippen molar-refractivity contribution in [1.82, 2.24) is 19.9 Å². The standard InChI is InChI=1S/C29H35ClN6O3/c1-8-39-26-21(19(4)36(7)28-24(17(2)10-9-13-37)27(31)33-16-34-28)14-22(30)18(3)25(26)20-11-12-23(32-15-20)29(38)35(5)6/h11-12,14-17,19,37H,8,13H2,1-7H3,(H2,31,33,34). The molecule has 0 bridgehead atoms. The number of hydrogen-bond donors (Lipinski definition) is 2. The van der Waals surface area contributed by atoms with Crippen molar-refractivity contribution in [2.24, 2.45) is 0 Å². The molecule has 3 N–H and O–H groups in total. The van der Waals surface area contributed by atoms with Gasteiger partial charge in [-0.1, -0.05) is 29.5 Å². The molecule has 39 heavy (non-hydrogen) atoms. The summed E-state index contributed by atoms with van der Waals surface area (Å²) < 4.78 is 6.24. The molecule has 2 heterocycles. The van der Waals surface area contributed by atoms with Crippen molar-refractivity contribution in [1.29, 1.82) is 0 Å². The topological polar surface area (TPSA) is 118 Å². The second-order valence-electron chi connectivity index (χ2n) is 9.33. The molecular formula is C29H35ClN6O3. The van der Waals surface area contributed by atoms with E-state index in [0.717, 1.165) is 22.3 Å². The highest BCUT2D eigenvalue weighted by Crippen LogP contribution is 2.44. The third kappa shape index (κ3) is 6.24. The van der Waals surface area contributed by atoms with Crippen LogP contribution in [0.4, 0.5) is 11.6 Å². The summed E-state index contributed by atoms with van der Waals surface area (Å²) in [7, 11) is 5.29. The molecule has 2 unspecified atom stereocenters. The molecule has 0 saturated carbocycles. The van der Waals surface area contributed by atoms with Gasteiger partial charge in [0.25, 0.3) is 5.91 Å². The number of carbonyl (C=O) groups excluding carboxylic acids is 1. The maximum atomic E-state index is 12.4. The number of nitrogens with two attached hydrogens (primary N) is 1. The van der Waals surface area contributed by atoms with Crippen LogP contribution in [0, 0.1) is 18.8 Å². The van der Waals surface area contributed by atoms with Gasteiger partial charge in [0, 0.05) is 55.0 Å². The van der Waals surface area contributed by atoms with Gasteiger partial charge in [-0.05, 0) is 45.4 Å². The molecule has 10 heteroatoms. The molecule has 0 aliphatic carbocycles. The van der Waals surface area contributed by atoms with E-state index in [4.69, 9.17) is 27.2 Å². The zero-order valence-electron chi connectivity index (χ0n) is 23.4. The number of halogens is 1. The first-order valence-corrected chi connectivity index (χ1v) is 13.0. The molecule has 3 rings (SSSR count). The maximum absolute atomic E-state index is 12.4. The lowest BCUT2D eigenvalue weighted by Crippen LogP contribution is -2.26. The van der Waals surface area contributed by atoms with E-state index in [2.05, 4.69) is 26.8 Å². The highest BCUT2D eigenvalue weighted by molar-refractivity contribution is 6.32. The van der Waals surface area contributed by atoms with Crippen molar-refractivity contribution in [3.63, 3.8) is 0 Å². The van der Waals surface area contributed by atoms with Gasteiger partial charge in [0.15, 0.2) is 0 Å². The average molecular weight is 551 g/mol. The molecule has 1 aromatic carbocycles. The third-order valence-electron chi connectivity index (χ3n) is 6.56. The lowest BCUT2D eigenvalue weighted by molar-refractivity contribution is 0.0822. The molecule has 0 saturated heterocycles. The highest BCUT2D eigenvalue weighted by Gasteiger charge is 2.27. The number of hydrogen-bond acceptors (Lipinski definition) is 8. The first kappa shape index (κ1) is 29.7. The second-order valence-corrected chi connectivity index (χ2v) is 9.73. The number of rotatable bonds is 8. The summed E-state index contributed by atoms with van der Waals surface area (Å²) in [6.45, 7) is 7.96. The number of amides is 1. The van der Waals surface area contributed by atoms with Gasteiger partial charge in [-0.2, -0.15) is 0 Å². The largest absolute Gasteiger partial charge is 0.493 e. The third-order valence-corrected chi connectivity index (χ3v) is 6.95. The van der Waals surface area contributed by atoms with E-state index in [1.807, 2.05) is 51.8 Å². The van der Waals surface area contributed by atoms with Crippen LogP contribution in [0.1, 0.15) is 59.9 Å². The van der Waals surface area contributed by atoms with Gasteiger partial charge in [0.05, 0.1) is 18.2 Å². The first-order chi connectivity index (χ1) is 18.5. The van der Waals surface area contributed by atoms with E-state index >= 15 is 0 Å². The van der Waals surface area contributed by atoms with Crippen LogP contribution in [-0.2, 0) is 0 Å². The van der Waals surface area contributed by atoms with E-state index < -0.39 is 0 Å². The summed E-state index contributed by atoms with van der Waals surface area (Å²) in [5.41, 5.74) is 10.6. The van der Waals surface area contributed by atoms with Crippen LogP contribution in [0.15, 0.2) is 30.7 Å². The Kier molecular flexibility index (Phi) is 9.73. The fraction of sp³-hybridized carbons (Fsp3) is 0.379. The molecule has 2 atom stereocenters.